The number of aromatic nitrogens is 2. The molecule has 2 aliphatic rings. The van der Waals surface area contributed by atoms with E-state index < -0.39 is 0 Å². The average molecular weight is 466 g/mol. The summed E-state index contributed by atoms with van der Waals surface area (Å²) in [5, 5.41) is 3.57. The Balaban J connectivity index is 1.24. The van der Waals surface area contributed by atoms with Crippen molar-refractivity contribution < 1.29 is 13.9 Å². The quantitative estimate of drug-likeness (QED) is 0.397. The van der Waals surface area contributed by atoms with Crippen LogP contribution in [-0.2, 0) is 11.3 Å². The van der Waals surface area contributed by atoms with Crippen molar-refractivity contribution in [2.24, 2.45) is 0 Å². The molecule has 5 rings (SSSR count). The third-order valence-electron chi connectivity index (χ3n) is 6.28. The summed E-state index contributed by atoms with van der Waals surface area (Å²) in [5.41, 5.74) is 7.37. The molecule has 3 aromatic rings. The lowest BCUT2D eigenvalue weighted by Gasteiger charge is -2.38. The second kappa shape index (κ2) is 9.07. The molecule has 8 nitrogen and oxygen atoms in total. The lowest BCUT2D eigenvalue weighted by Crippen LogP contribution is -2.49. The first-order valence-corrected chi connectivity index (χ1v) is 11.9. The second-order valence-corrected chi connectivity index (χ2v) is 9.76. The van der Waals surface area contributed by atoms with Crippen molar-refractivity contribution in [1.82, 2.24) is 20.2 Å². The van der Waals surface area contributed by atoms with Gasteiger partial charge in [0.15, 0.2) is 10.7 Å². The maximum atomic E-state index is 11.4. The van der Waals surface area contributed by atoms with Gasteiger partial charge in [0.25, 0.3) is 0 Å². The fourth-order valence-corrected chi connectivity index (χ4v) is 5.65. The molecule has 0 spiro atoms. The zero-order chi connectivity index (χ0) is 22.9. The van der Waals surface area contributed by atoms with Crippen molar-refractivity contribution in [3.8, 4) is 5.75 Å². The highest BCUT2D eigenvalue weighted by Gasteiger charge is 2.41. The number of nitrogens with one attached hydrogen (secondary N) is 1. The number of carbonyl (C=O) groups is 1. The lowest BCUT2D eigenvalue weighted by atomic mass is 9.97. The van der Waals surface area contributed by atoms with Crippen molar-refractivity contribution >= 4 is 34.6 Å². The Morgan fingerprint density at radius 1 is 1.33 bits per heavy atom. The van der Waals surface area contributed by atoms with Gasteiger partial charge in [-0.05, 0) is 56.2 Å². The Hall–Kier alpha value is -3.04. The molecule has 0 aromatic carbocycles. The summed E-state index contributed by atoms with van der Waals surface area (Å²) < 4.78 is 12.0. The number of nitrogens with zero attached hydrogens (tertiary/aromatic N) is 3. The Kier molecular flexibility index (Phi) is 5.99. The molecular formula is C24H27N5O3S. The Morgan fingerprint density at radius 3 is 2.85 bits per heavy atom. The molecule has 172 valence electrons. The molecule has 2 aliphatic heterocycles. The average Bonchev–Trinajstić information content (AvgIpc) is 3.26. The number of amides is 1. The molecule has 0 aliphatic carbocycles. The van der Waals surface area contributed by atoms with Crippen LogP contribution in [0.5, 0.6) is 5.75 Å². The molecule has 2 fully saturated rings. The van der Waals surface area contributed by atoms with Crippen LogP contribution >= 0.6 is 11.8 Å². The van der Waals surface area contributed by atoms with E-state index in [1.165, 1.54) is 24.6 Å². The molecule has 2 bridgehead atoms. The van der Waals surface area contributed by atoms with E-state index in [2.05, 4.69) is 26.8 Å². The van der Waals surface area contributed by atoms with E-state index in [1.54, 1.807) is 19.3 Å². The number of nitrogens with two attached hydrogens (primary N) is 1. The number of hydrogen-bond donors (Lipinski definition) is 2. The molecule has 3 aromatic heterocycles. The first-order valence-electron chi connectivity index (χ1n) is 11.1. The van der Waals surface area contributed by atoms with Crippen molar-refractivity contribution in [3.05, 3.63) is 54.1 Å². The van der Waals surface area contributed by atoms with E-state index in [0.29, 0.717) is 34.3 Å². The van der Waals surface area contributed by atoms with Crippen molar-refractivity contribution in [3.63, 3.8) is 0 Å². The number of fused-ring (bicyclic) bond motifs is 3. The van der Waals surface area contributed by atoms with Gasteiger partial charge in [-0.3, -0.25) is 9.69 Å². The molecule has 1 amide bonds. The van der Waals surface area contributed by atoms with Crippen LogP contribution in [0.4, 0.5) is 5.82 Å². The molecule has 33 heavy (non-hydrogen) atoms. The molecule has 3 N–H and O–H groups in total. The van der Waals surface area contributed by atoms with Crippen LogP contribution in [0.2, 0.25) is 0 Å². The van der Waals surface area contributed by atoms with Gasteiger partial charge in [-0.1, -0.05) is 0 Å². The maximum absolute atomic E-state index is 11.4. The minimum atomic E-state index is 0.0548. The number of rotatable bonds is 7. The van der Waals surface area contributed by atoms with Gasteiger partial charge < -0.3 is 20.2 Å². The summed E-state index contributed by atoms with van der Waals surface area (Å²) >= 11 is 1.31. The van der Waals surface area contributed by atoms with Gasteiger partial charge in [0.05, 0.1) is 17.6 Å². The Bertz CT molecular complexity index is 1180. The van der Waals surface area contributed by atoms with E-state index in [-0.39, 0.29) is 11.9 Å². The highest BCUT2D eigenvalue weighted by Crippen LogP contribution is 2.38. The SMILES string of the molecule is C=C(Oc1cnc2cc(CN3[C@@H]4CC[C@H]3C[C@@H](NC(C)=O)C4)oc2c1)Sc1cccnc1N. The summed E-state index contributed by atoms with van der Waals surface area (Å²) in [6, 6.07) is 8.75. The van der Waals surface area contributed by atoms with Crippen molar-refractivity contribution in [1.29, 1.82) is 0 Å². The molecular weight excluding hydrogens is 438 g/mol. The number of ether oxygens (including phenoxy) is 1. The fraction of sp³-hybridized carbons (Fsp3) is 0.375. The summed E-state index contributed by atoms with van der Waals surface area (Å²) in [4.78, 5) is 23.3. The smallest absolute Gasteiger partial charge is 0.217 e. The first-order chi connectivity index (χ1) is 15.9. The van der Waals surface area contributed by atoms with Crippen LogP contribution < -0.4 is 15.8 Å². The largest absolute Gasteiger partial charge is 0.458 e. The highest BCUT2D eigenvalue weighted by atomic mass is 32.2. The number of thioether (sulfide) groups is 1. The number of hydrogen-bond acceptors (Lipinski definition) is 8. The zero-order valence-electron chi connectivity index (χ0n) is 18.5. The van der Waals surface area contributed by atoms with Gasteiger partial charge in [0.2, 0.25) is 5.91 Å². The summed E-state index contributed by atoms with van der Waals surface area (Å²) in [6.45, 7) is 6.30. The molecule has 0 radical (unpaired) electrons. The van der Waals surface area contributed by atoms with Crippen molar-refractivity contribution in [2.45, 2.75) is 62.2 Å². The van der Waals surface area contributed by atoms with Gasteiger partial charge in [0.1, 0.15) is 22.8 Å². The predicted octanol–water partition coefficient (Wildman–Crippen LogP) is 4.08. The first kappa shape index (κ1) is 21.8. The molecule has 5 heterocycles. The topological polar surface area (TPSA) is 107 Å². The predicted molar refractivity (Wildman–Crippen MR) is 127 cm³/mol. The second-order valence-electron chi connectivity index (χ2n) is 8.66. The van der Waals surface area contributed by atoms with Crippen LogP contribution in [0.15, 0.2) is 57.6 Å². The van der Waals surface area contributed by atoms with Gasteiger partial charge in [-0.15, -0.1) is 0 Å². The Morgan fingerprint density at radius 2 is 2.12 bits per heavy atom. The van der Waals surface area contributed by atoms with Crippen LogP contribution in [0.1, 0.15) is 38.4 Å². The number of carbonyl (C=O) groups excluding carboxylic acids is 1. The highest BCUT2D eigenvalue weighted by molar-refractivity contribution is 8.03. The van der Waals surface area contributed by atoms with Crippen LogP contribution in [0.3, 0.4) is 0 Å². The minimum absolute atomic E-state index is 0.0548. The van der Waals surface area contributed by atoms with Gasteiger partial charge in [-0.2, -0.15) is 0 Å². The van der Waals surface area contributed by atoms with Crippen LogP contribution in [0.25, 0.3) is 11.1 Å². The zero-order valence-corrected chi connectivity index (χ0v) is 19.3. The van der Waals surface area contributed by atoms with Crippen molar-refractivity contribution in [2.75, 3.05) is 5.73 Å². The molecule has 0 saturated carbocycles. The van der Waals surface area contributed by atoms with E-state index in [0.717, 1.165) is 35.6 Å². The van der Waals surface area contributed by atoms with E-state index in [4.69, 9.17) is 14.9 Å². The fourth-order valence-electron chi connectivity index (χ4n) is 4.97. The van der Waals surface area contributed by atoms with Gasteiger partial charge in [0, 0.05) is 43.4 Å². The van der Waals surface area contributed by atoms with E-state index in [1.807, 2.05) is 24.3 Å². The number of anilines is 1. The Labute approximate surface area is 196 Å². The van der Waals surface area contributed by atoms with Crippen LogP contribution in [0, 0.1) is 0 Å². The number of nitrogen functional groups attached to an aromatic ring is 1. The summed E-state index contributed by atoms with van der Waals surface area (Å²) in [6.07, 6.45) is 7.63. The third-order valence-corrected chi connectivity index (χ3v) is 7.16. The third kappa shape index (κ3) is 4.84. The normalized spacial score (nSPS) is 22.4. The summed E-state index contributed by atoms with van der Waals surface area (Å²) in [5.74, 6) is 1.94. The number of pyridine rings is 2. The minimum Gasteiger partial charge on any atom is -0.458 e. The monoisotopic (exact) mass is 465 g/mol. The van der Waals surface area contributed by atoms with E-state index >= 15 is 0 Å². The van der Waals surface area contributed by atoms with Gasteiger partial charge in [-0.25, -0.2) is 9.97 Å². The molecule has 2 saturated heterocycles. The summed E-state index contributed by atoms with van der Waals surface area (Å²) in [7, 11) is 0. The number of piperidine rings is 1. The standard InChI is InChI=1S/C24H27N5O3S/c1-14(30)28-16-8-17-5-6-18(9-16)29(17)13-20-10-21-22(32-20)11-19(12-27-21)31-15(2)33-23-4-3-7-26-24(23)25/h3-4,7,10-12,16-18H,2,5-6,8-9,13H2,1H3,(H2,25,26)(H,28,30)/t16-,17+,18-. The maximum Gasteiger partial charge on any atom is 0.217 e. The number of furan rings is 1. The van der Waals surface area contributed by atoms with E-state index in [9.17, 15) is 4.79 Å². The lowest BCUT2D eigenvalue weighted by molar-refractivity contribution is -0.120. The van der Waals surface area contributed by atoms with Gasteiger partial charge >= 0.3 is 0 Å². The molecule has 0 unspecified atom stereocenters. The van der Waals surface area contributed by atoms with Crippen LogP contribution in [-0.4, -0.2) is 38.9 Å². The molecule has 9 heteroatoms. The molecule has 3 atom stereocenters.